The lowest BCUT2D eigenvalue weighted by Gasteiger charge is -2.35. The van der Waals surface area contributed by atoms with Crippen LogP contribution < -0.4 is 5.73 Å². The average molecular weight is 324 g/mol. The van der Waals surface area contributed by atoms with Crippen molar-refractivity contribution in [3.8, 4) is 0 Å². The van der Waals surface area contributed by atoms with Gasteiger partial charge in [0.1, 0.15) is 0 Å². The van der Waals surface area contributed by atoms with E-state index in [1.807, 2.05) is 11.0 Å². The zero-order valence-corrected chi connectivity index (χ0v) is 13.2. The summed E-state index contributed by atoms with van der Waals surface area (Å²) in [5.41, 5.74) is 5.61. The zero-order chi connectivity index (χ0) is 13.1. The van der Waals surface area contributed by atoms with Crippen molar-refractivity contribution < 1.29 is 4.79 Å². The highest BCUT2D eigenvalue weighted by molar-refractivity contribution is 7.16. The van der Waals surface area contributed by atoms with Gasteiger partial charge in [-0.3, -0.25) is 9.69 Å². The average Bonchev–Trinajstić information content (AvgIpc) is 2.75. The van der Waals surface area contributed by atoms with Gasteiger partial charge < -0.3 is 10.6 Å². The summed E-state index contributed by atoms with van der Waals surface area (Å²) in [5.74, 6) is 0.0498. The standard InChI is InChI=1S/C12H18ClN3OS.ClH/c1-9(14)12(17)16-6-4-15(5-7-16)8-10-2-3-11(13)18-10;/h2-3,9H,4-8,14H2,1H3;1H. The van der Waals surface area contributed by atoms with Gasteiger partial charge in [0.15, 0.2) is 0 Å². The topological polar surface area (TPSA) is 49.6 Å². The van der Waals surface area contributed by atoms with Gasteiger partial charge in [0, 0.05) is 37.6 Å². The molecule has 0 aliphatic carbocycles. The van der Waals surface area contributed by atoms with Crippen LogP contribution in [0, 0.1) is 0 Å². The van der Waals surface area contributed by atoms with Gasteiger partial charge in [-0.15, -0.1) is 23.7 Å². The van der Waals surface area contributed by atoms with Crippen LogP contribution in [0.4, 0.5) is 0 Å². The Labute approximate surface area is 128 Å². The molecule has 19 heavy (non-hydrogen) atoms. The summed E-state index contributed by atoms with van der Waals surface area (Å²) in [4.78, 5) is 17.2. The molecule has 2 heterocycles. The normalized spacial score (nSPS) is 17.9. The molecule has 1 aliphatic rings. The number of hydrogen-bond donors (Lipinski definition) is 1. The van der Waals surface area contributed by atoms with E-state index in [0.29, 0.717) is 0 Å². The van der Waals surface area contributed by atoms with Gasteiger partial charge in [0.05, 0.1) is 10.4 Å². The number of rotatable bonds is 3. The number of carbonyl (C=O) groups is 1. The maximum absolute atomic E-state index is 11.7. The van der Waals surface area contributed by atoms with Crippen molar-refractivity contribution in [2.75, 3.05) is 26.2 Å². The summed E-state index contributed by atoms with van der Waals surface area (Å²) in [7, 11) is 0. The third-order valence-corrected chi connectivity index (χ3v) is 4.30. The molecular weight excluding hydrogens is 305 g/mol. The van der Waals surface area contributed by atoms with Gasteiger partial charge in [0.25, 0.3) is 0 Å². The first-order chi connectivity index (χ1) is 8.56. The predicted octanol–water partition coefficient (Wildman–Crippen LogP) is 1.81. The van der Waals surface area contributed by atoms with E-state index in [-0.39, 0.29) is 18.3 Å². The van der Waals surface area contributed by atoms with Crippen LogP contribution >= 0.6 is 35.3 Å². The van der Waals surface area contributed by atoms with Crippen molar-refractivity contribution in [1.82, 2.24) is 9.80 Å². The summed E-state index contributed by atoms with van der Waals surface area (Å²) >= 11 is 7.53. The van der Waals surface area contributed by atoms with Crippen LogP contribution in [-0.2, 0) is 11.3 Å². The first-order valence-corrected chi connectivity index (χ1v) is 7.26. The van der Waals surface area contributed by atoms with Crippen LogP contribution in [0.15, 0.2) is 12.1 Å². The Bertz CT molecular complexity index is 417. The van der Waals surface area contributed by atoms with Crippen LogP contribution in [0.3, 0.4) is 0 Å². The van der Waals surface area contributed by atoms with E-state index < -0.39 is 6.04 Å². The Morgan fingerprint density at radius 1 is 1.42 bits per heavy atom. The number of hydrogen-bond acceptors (Lipinski definition) is 4. The van der Waals surface area contributed by atoms with Crippen LogP contribution in [0.2, 0.25) is 4.34 Å². The van der Waals surface area contributed by atoms with E-state index in [1.165, 1.54) is 4.88 Å². The van der Waals surface area contributed by atoms with E-state index in [1.54, 1.807) is 18.3 Å². The lowest BCUT2D eigenvalue weighted by molar-refractivity contribution is -0.134. The van der Waals surface area contributed by atoms with Gasteiger partial charge in [0.2, 0.25) is 5.91 Å². The molecule has 2 rings (SSSR count). The minimum atomic E-state index is -0.396. The van der Waals surface area contributed by atoms with Crippen molar-refractivity contribution in [3.05, 3.63) is 21.3 Å². The number of nitrogens with zero attached hydrogens (tertiary/aromatic N) is 2. The van der Waals surface area contributed by atoms with E-state index in [4.69, 9.17) is 17.3 Å². The third-order valence-electron chi connectivity index (χ3n) is 3.08. The molecule has 1 aromatic heterocycles. The molecule has 1 unspecified atom stereocenters. The third kappa shape index (κ3) is 4.61. The fourth-order valence-corrected chi connectivity index (χ4v) is 3.20. The maximum Gasteiger partial charge on any atom is 0.239 e. The molecular formula is C12H19Cl2N3OS. The summed E-state index contributed by atoms with van der Waals surface area (Å²) in [5, 5.41) is 0. The Morgan fingerprint density at radius 3 is 2.53 bits per heavy atom. The second kappa shape index (κ2) is 7.45. The fraction of sp³-hybridized carbons (Fsp3) is 0.583. The summed E-state index contributed by atoms with van der Waals surface area (Å²) in [6.45, 7) is 5.97. The van der Waals surface area contributed by atoms with Gasteiger partial charge in [-0.25, -0.2) is 0 Å². The maximum atomic E-state index is 11.7. The van der Waals surface area contributed by atoms with Crippen LogP contribution in [0.25, 0.3) is 0 Å². The van der Waals surface area contributed by atoms with Gasteiger partial charge in [-0.2, -0.15) is 0 Å². The number of amides is 1. The van der Waals surface area contributed by atoms with E-state index in [2.05, 4.69) is 11.0 Å². The van der Waals surface area contributed by atoms with E-state index in [9.17, 15) is 4.79 Å². The monoisotopic (exact) mass is 323 g/mol. The second-order valence-electron chi connectivity index (χ2n) is 4.60. The number of piperazine rings is 1. The second-order valence-corrected chi connectivity index (χ2v) is 6.40. The molecule has 0 aromatic carbocycles. The first kappa shape index (κ1) is 16.7. The van der Waals surface area contributed by atoms with Crippen molar-refractivity contribution in [3.63, 3.8) is 0 Å². The van der Waals surface area contributed by atoms with Crippen molar-refractivity contribution >= 4 is 41.3 Å². The minimum absolute atomic E-state index is 0. The summed E-state index contributed by atoms with van der Waals surface area (Å²) < 4.78 is 0.829. The van der Waals surface area contributed by atoms with Gasteiger partial charge in [-0.1, -0.05) is 11.6 Å². The van der Waals surface area contributed by atoms with Crippen LogP contribution in [0.1, 0.15) is 11.8 Å². The molecule has 1 atom stereocenters. The predicted molar refractivity (Wildman–Crippen MR) is 82.1 cm³/mol. The largest absolute Gasteiger partial charge is 0.339 e. The SMILES string of the molecule is CC(N)C(=O)N1CCN(Cc2ccc(Cl)s2)CC1.Cl. The molecule has 0 bridgehead atoms. The van der Waals surface area contributed by atoms with E-state index in [0.717, 1.165) is 37.1 Å². The molecule has 108 valence electrons. The summed E-state index contributed by atoms with van der Waals surface area (Å²) in [6.07, 6.45) is 0. The van der Waals surface area contributed by atoms with E-state index >= 15 is 0 Å². The lowest BCUT2D eigenvalue weighted by Crippen LogP contribution is -2.52. The molecule has 1 aromatic rings. The quantitative estimate of drug-likeness (QED) is 0.923. The highest BCUT2D eigenvalue weighted by atomic mass is 35.5. The molecule has 1 fully saturated rings. The lowest BCUT2D eigenvalue weighted by atomic mass is 10.2. The number of nitrogens with two attached hydrogens (primary N) is 1. The molecule has 0 spiro atoms. The van der Waals surface area contributed by atoms with Gasteiger partial charge >= 0.3 is 0 Å². The van der Waals surface area contributed by atoms with Gasteiger partial charge in [-0.05, 0) is 19.1 Å². The number of carbonyl (C=O) groups excluding carboxylic acids is 1. The zero-order valence-electron chi connectivity index (χ0n) is 10.8. The Balaban J connectivity index is 0.00000180. The molecule has 0 radical (unpaired) electrons. The molecule has 7 heteroatoms. The highest BCUT2D eigenvalue weighted by Gasteiger charge is 2.23. The molecule has 1 saturated heterocycles. The highest BCUT2D eigenvalue weighted by Crippen LogP contribution is 2.23. The molecule has 4 nitrogen and oxygen atoms in total. The smallest absolute Gasteiger partial charge is 0.239 e. The minimum Gasteiger partial charge on any atom is -0.339 e. The van der Waals surface area contributed by atoms with Crippen LogP contribution in [-0.4, -0.2) is 47.9 Å². The number of halogens is 2. The number of thiophene rings is 1. The Hall–Kier alpha value is -0.330. The first-order valence-electron chi connectivity index (χ1n) is 6.07. The summed E-state index contributed by atoms with van der Waals surface area (Å²) in [6, 6.07) is 3.59. The van der Waals surface area contributed by atoms with Crippen LogP contribution in [0.5, 0.6) is 0 Å². The fourth-order valence-electron chi connectivity index (χ4n) is 2.07. The van der Waals surface area contributed by atoms with Crippen molar-refractivity contribution in [2.45, 2.75) is 19.5 Å². The molecule has 1 amide bonds. The Kier molecular flexibility index (Phi) is 6.56. The van der Waals surface area contributed by atoms with Crippen molar-refractivity contribution in [1.29, 1.82) is 0 Å². The van der Waals surface area contributed by atoms with Crippen molar-refractivity contribution in [2.24, 2.45) is 5.73 Å². The molecule has 0 saturated carbocycles. The molecule has 1 aliphatic heterocycles. The Morgan fingerprint density at radius 2 is 2.05 bits per heavy atom. The molecule has 2 N–H and O–H groups in total.